The second-order valence-corrected chi connectivity index (χ2v) is 6.30. The average molecular weight is 404 g/mol. The molecule has 1 aromatic carbocycles. The Morgan fingerprint density at radius 1 is 1.32 bits per heavy atom. The van der Waals surface area contributed by atoms with Crippen molar-refractivity contribution in [3.63, 3.8) is 0 Å². The lowest BCUT2D eigenvalue weighted by Gasteiger charge is -2.13. The number of carbonyl (C=O) groups excluding carboxylic acids is 1. The zero-order valence-electron chi connectivity index (χ0n) is 13.7. The fraction of sp³-hybridized carbons (Fsp3) is 0.222. The zero-order chi connectivity index (χ0) is 17.6. The molecule has 0 fully saturated rings. The first-order valence-electron chi connectivity index (χ1n) is 7.91. The Hall–Kier alpha value is -2.54. The van der Waals surface area contributed by atoms with Gasteiger partial charge in [-0.25, -0.2) is 4.68 Å². The number of halogens is 1. The highest BCUT2D eigenvalue weighted by Gasteiger charge is 2.18. The Bertz CT molecular complexity index is 815. The lowest BCUT2D eigenvalue weighted by Crippen LogP contribution is -2.37. The van der Waals surface area contributed by atoms with E-state index in [1.54, 1.807) is 24.1 Å². The van der Waals surface area contributed by atoms with Crippen molar-refractivity contribution >= 4 is 21.8 Å². The molecule has 0 spiro atoms. The molecule has 0 aliphatic carbocycles. The number of para-hydroxylation sites is 1. The number of nitrogens with one attached hydrogen (secondary N) is 1. The van der Waals surface area contributed by atoms with Crippen LogP contribution in [0.3, 0.4) is 0 Å². The van der Waals surface area contributed by atoms with Crippen LogP contribution in [-0.2, 0) is 11.2 Å². The van der Waals surface area contributed by atoms with Gasteiger partial charge in [0.25, 0.3) is 5.91 Å². The van der Waals surface area contributed by atoms with E-state index in [2.05, 4.69) is 26.3 Å². The van der Waals surface area contributed by atoms with E-state index < -0.39 is 6.10 Å². The van der Waals surface area contributed by atoms with E-state index in [9.17, 15) is 4.79 Å². The smallest absolute Gasteiger partial charge is 0.260 e. The monoisotopic (exact) mass is 403 g/mol. The number of furan rings is 1. The number of hydrogen-bond donors (Lipinski definition) is 1. The third-order valence-electron chi connectivity index (χ3n) is 3.57. The molecule has 7 heteroatoms. The molecular weight excluding hydrogens is 386 g/mol. The predicted octanol–water partition coefficient (Wildman–Crippen LogP) is 3.35. The minimum absolute atomic E-state index is 0.201. The van der Waals surface area contributed by atoms with Gasteiger partial charge in [-0.3, -0.25) is 4.79 Å². The summed E-state index contributed by atoms with van der Waals surface area (Å²) in [7, 11) is 0. The number of benzene rings is 1. The van der Waals surface area contributed by atoms with Crippen LogP contribution in [0.5, 0.6) is 5.88 Å². The molecule has 3 rings (SSSR count). The third-order valence-corrected chi connectivity index (χ3v) is 4.11. The summed E-state index contributed by atoms with van der Waals surface area (Å²) in [6.45, 7) is 2.18. The van der Waals surface area contributed by atoms with Gasteiger partial charge in [0.1, 0.15) is 5.76 Å². The van der Waals surface area contributed by atoms with Crippen LogP contribution in [0.1, 0.15) is 12.7 Å². The predicted molar refractivity (Wildman–Crippen MR) is 96.8 cm³/mol. The first-order valence-corrected chi connectivity index (χ1v) is 8.70. The Kier molecular flexibility index (Phi) is 5.55. The van der Waals surface area contributed by atoms with Crippen LogP contribution in [0.2, 0.25) is 0 Å². The van der Waals surface area contributed by atoms with E-state index >= 15 is 0 Å². The highest BCUT2D eigenvalue weighted by atomic mass is 79.9. The molecule has 0 radical (unpaired) electrons. The SMILES string of the molecule is C[C@@H](Oc1nn(-c2ccccc2)cc1Br)C(=O)NCCc1ccco1. The van der Waals surface area contributed by atoms with Crippen LogP contribution in [-0.4, -0.2) is 28.3 Å². The Labute approximate surface area is 153 Å². The summed E-state index contributed by atoms with van der Waals surface area (Å²) in [4.78, 5) is 12.1. The molecule has 6 nitrogen and oxygen atoms in total. The van der Waals surface area contributed by atoms with Crippen LogP contribution < -0.4 is 10.1 Å². The Morgan fingerprint density at radius 3 is 2.84 bits per heavy atom. The van der Waals surface area contributed by atoms with E-state index in [1.165, 1.54) is 0 Å². The quantitative estimate of drug-likeness (QED) is 0.656. The van der Waals surface area contributed by atoms with Crippen molar-refractivity contribution in [2.75, 3.05) is 6.54 Å². The number of carbonyl (C=O) groups is 1. The molecule has 1 N–H and O–H groups in total. The van der Waals surface area contributed by atoms with Crippen LogP contribution in [0.15, 0.2) is 63.8 Å². The number of rotatable bonds is 7. The second kappa shape index (κ2) is 8.02. The molecule has 1 amide bonds. The van der Waals surface area contributed by atoms with E-state index in [1.807, 2.05) is 42.5 Å². The standard InChI is InChI=1S/C18H18BrN3O3/c1-13(17(23)20-10-9-15-8-5-11-24-15)25-18-16(19)12-22(21-18)14-6-3-2-4-7-14/h2-8,11-13H,9-10H2,1H3,(H,20,23)/t13-/m1/s1. The minimum Gasteiger partial charge on any atom is -0.469 e. The van der Waals surface area contributed by atoms with E-state index in [4.69, 9.17) is 9.15 Å². The zero-order valence-corrected chi connectivity index (χ0v) is 15.3. The topological polar surface area (TPSA) is 69.3 Å². The first kappa shape index (κ1) is 17.3. The van der Waals surface area contributed by atoms with Gasteiger partial charge in [-0.2, -0.15) is 0 Å². The van der Waals surface area contributed by atoms with Crippen molar-refractivity contribution in [2.24, 2.45) is 0 Å². The summed E-state index contributed by atoms with van der Waals surface area (Å²) in [5, 5.41) is 7.20. The molecule has 130 valence electrons. The summed E-state index contributed by atoms with van der Waals surface area (Å²) in [5.41, 5.74) is 0.911. The summed E-state index contributed by atoms with van der Waals surface area (Å²) in [6.07, 6.45) is 3.39. The summed E-state index contributed by atoms with van der Waals surface area (Å²) in [6, 6.07) is 13.4. The molecule has 25 heavy (non-hydrogen) atoms. The molecule has 0 aliphatic rings. The lowest BCUT2D eigenvalue weighted by molar-refractivity contribution is -0.127. The minimum atomic E-state index is -0.660. The molecule has 2 heterocycles. The average Bonchev–Trinajstić information content (AvgIpc) is 3.26. The summed E-state index contributed by atoms with van der Waals surface area (Å²) < 4.78 is 13.3. The van der Waals surface area contributed by atoms with E-state index in [0.29, 0.717) is 23.3 Å². The largest absolute Gasteiger partial charge is 0.469 e. The number of ether oxygens (including phenoxy) is 1. The molecule has 0 aliphatic heterocycles. The van der Waals surface area contributed by atoms with Gasteiger partial charge < -0.3 is 14.5 Å². The maximum Gasteiger partial charge on any atom is 0.260 e. The van der Waals surface area contributed by atoms with Gasteiger partial charge >= 0.3 is 0 Å². The van der Waals surface area contributed by atoms with Crippen molar-refractivity contribution in [3.05, 3.63) is 65.2 Å². The molecule has 2 aromatic heterocycles. The molecule has 0 saturated heterocycles. The van der Waals surface area contributed by atoms with Crippen LogP contribution in [0.4, 0.5) is 0 Å². The third kappa shape index (κ3) is 4.51. The maximum atomic E-state index is 12.1. The van der Waals surface area contributed by atoms with Gasteiger partial charge in [0.05, 0.1) is 16.4 Å². The van der Waals surface area contributed by atoms with Crippen molar-refractivity contribution in [3.8, 4) is 11.6 Å². The van der Waals surface area contributed by atoms with Gasteiger partial charge in [0.15, 0.2) is 6.10 Å². The fourth-order valence-electron chi connectivity index (χ4n) is 2.26. The fourth-order valence-corrected chi connectivity index (χ4v) is 2.63. The normalized spacial score (nSPS) is 11.9. The Balaban J connectivity index is 1.56. The highest BCUT2D eigenvalue weighted by molar-refractivity contribution is 9.10. The Morgan fingerprint density at radius 2 is 2.12 bits per heavy atom. The first-order chi connectivity index (χ1) is 12.1. The molecule has 3 aromatic rings. The van der Waals surface area contributed by atoms with Crippen LogP contribution in [0, 0.1) is 0 Å². The molecule has 0 saturated carbocycles. The van der Waals surface area contributed by atoms with Gasteiger partial charge in [-0.15, -0.1) is 5.10 Å². The molecule has 0 bridgehead atoms. The van der Waals surface area contributed by atoms with E-state index in [0.717, 1.165) is 11.4 Å². The van der Waals surface area contributed by atoms with E-state index in [-0.39, 0.29) is 5.91 Å². The number of nitrogens with zero attached hydrogens (tertiary/aromatic N) is 2. The van der Waals surface area contributed by atoms with Gasteiger partial charge in [0.2, 0.25) is 5.88 Å². The number of amides is 1. The number of hydrogen-bond acceptors (Lipinski definition) is 4. The van der Waals surface area contributed by atoms with Crippen LogP contribution in [0.25, 0.3) is 5.69 Å². The molecular formula is C18H18BrN3O3. The van der Waals surface area contributed by atoms with Crippen molar-refractivity contribution < 1.29 is 13.9 Å². The van der Waals surface area contributed by atoms with Gasteiger partial charge in [0, 0.05) is 19.2 Å². The van der Waals surface area contributed by atoms with Gasteiger partial charge in [-0.1, -0.05) is 18.2 Å². The second-order valence-electron chi connectivity index (χ2n) is 5.44. The molecule has 1 atom stereocenters. The summed E-state index contributed by atoms with van der Waals surface area (Å²) >= 11 is 3.42. The van der Waals surface area contributed by atoms with Crippen LogP contribution >= 0.6 is 15.9 Å². The molecule has 0 unspecified atom stereocenters. The number of aromatic nitrogens is 2. The van der Waals surface area contributed by atoms with Crippen molar-refractivity contribution in [1.82, 2.24) is 15.1 Å². The van der Waals surface area contributed by atoms with Crippen molar-refractivity contribution in [1.29, 1.82) is 0 Å². The maximum absolute atomic E-state index is 12.1. The van der Waals surface area contributed by atoms with Crippen molar-refractivity contribution in [2.45, 2.75) is 19.4 Å². The summed E-state index contributed by atoms with van der Waals surface area (Å²) in [5.74, 6) is 1.00. The highest BCUT2D eigenvalue weighted by Crippen LogP contribution is 2.25. The lowest BCUT2D eigenvalue weighted by atomic mass is 10.3. The van der Waals surface area contributed by atoms with Gasteiger partial charge in [-0.05, 0) is 47.1 Å².